The van der Waals surface area contributed by atoms with Crippen molar-refractivity contribution in [3.05, 3.63) is 33.9 Å². The molecule has 0 saturated carbocycles. The van der Waals surface area contributed by atoms with Gasteiger partial charge in [0.2, 0.25) is 0 Å². The summed E-state index contributed by atoms with van der Waals surface area (Å²) in [5, 5.41) is 19.1. The zero-order chi connectivity index (χ0) is 12.8. The summed E-state index contributed by atoms with van der Waals surface area (Å²) in [7, 11) is 1.32. The largest absolute Gasteiger partial charge is 0.490 e. The zero-order valence-corrected chi connectivity index (χ0v) is 9.17. The Kier molecular flexibility index (Phi) is 4.17. The monoisotopic (exact) mass is 234 g/mol. The molecule has 0 spiro atoms. The van der Waals surface area contributed by atoms with E-state index in [4.69, 9.17) is 10.00 Å². The van der Waals surface area contributed by atoms with Crippen molar-refractivity contribution in [2.24, 2.45) is 0 Å². The fraction of sp³-hybridized carbons (Fsp3) is 0.273. The van der Waals surface area contributed by atoms with Crippen LogP contribution in [0.15, 0.2) is 18.2 Å². The number of nitro groups is 1. The molecular formula is C11H10N2O4. The molecule has 0 bridgehead atoms. The van der Waals surface area contributed by atoms with Crippen LogP contribution in [-0.4, -0.2) is 17.8 Å². The second-order valence-electron chi connectivity index (χ2n) is 3.23. The van der Waals surface area contributed by atoms with Gasteiger partial charge in [0.1, 0.15) is 0 Å². The van der Waals surface area contributed by atoms with E-state index in [1.807, 2.05) is 6.07 Å². The van der Waals surface area contributed by atoms with E-state index < -0.39 is 4.92 Å². The summed E-state index contributed by atoms with van der Waals surface area (Å²) < 4.78 is 4.82. The van der Waals surface area contributed by atoms with Crippen LogP contribution in [0.5, 0.6) is 5.75 Å². The third-order valence-corrected chi connectivity index (χ3v) is 2.16. The van der Waals surface area contributed by atoms with Gasteiger partial charge < -0.3 is 4.74 Å². The first kappa shape index (κ1) is 12.6. The smallest absolute Gasteiger partial charge is 0.311 e. The van der Waals surface area contributed by atoms with Crippen molar-refractivity contribution in [1.29, 1.82) is 5.26 Å². The quantitative estimate of drug-likeness (QED) is 0.441. The lowest BCUT2D eigenvalue weighted by molar-refractivity contribution is -0.385. The third-order valence-electron chi connectivity index (χ3n) is 2.16. The summed E-state index contributed by atoms with van der Waals surface area (Å²) in [5.41, 5.74) is -0.0388. The molecule has 17 heavy (non-hydrogen) atoms. The fourth-order valence-corrected chi connectivity index (χ4v) is 1.32. The molecule has 0 aliphatic rings. The highest BCUT2D eigenvalue weighted by atomic mass is 16.6. The molecule has 1 rings (SSSR count). The number of ketones is 1. The second-order valence-corrected chi connectivity index (χ2v) is 3.23. The van der Waals surface area contributed by atoms with Gasteiger partial charge in [-0.15, -0.1) is 0 Å². The van der Waals surface area contributed by atoms with Gasteiger partial charge in [-0.05, 0) is 12.1 Å². The van der Waals surface area contributed by atoms with E-state index in [0.717, 1.165) is 0 Å². The molecule has 0 saturated heterocycles. The van der Waals surface area contributed by atoms with Gasteiger partial charge in [0.05, 0.1) is 18.1 Å². The highest BCUT2D eigenvalue weighted by Gasteiger charge is 2.17. The van der Waals surface area contributed by atoms with Crippen LogP contribution in [0.4, 0.5) is 5.69 Å². The number of hydrogen-bond acceptors (Lipinski definition) is 5. The SMILES string of the molecule is COc1ccc(C(=O)CCC#N)cc1[N+](=O)[O-]. The van der Waals surface area contributed by atoms with Crippen LogP contribution >= 0.6 is 0 Å². The van der Waals surface area contributed by atoms with E-state index in [0.29, 0.717) is 0 Å². The first-order valence-electron chi connectivity index (χ1n) is 4.82. The molecule has 0 aliphatic carbocycles. The number of hydrogen-bond donors (Lipinski definition) is 0. The maximum Gasteiger partial charge on any atom is 0.311 e. The standard InChI is InChI=1S/C11H10N2O4/c1-17-11-5-4-8(7-9(11)13(15)16)10(14)3-2-6-12/h4-5,7H,2-3H2,1H3. The number of nitrogens with zero attached hydrogens (tertiary/aromatic N) is 2. The van der Waals surface area contributed by atoms with Gasteiger partial charge in [-0.25, -0.2) is 0 Å². The Labute approximate surface area is 97.6 Å². The molecule has 88 valence electrons. The molecule has 0 N–H and O–H groups in total. The van der Waals surface area contributed by atoms with Crippen LogP contribution < -0.4 is 4.74 Å². The van der Waals surface area contributed by atoms with Crippen molar-refractivity contribution in [2.45, 2.75) is 12.8 Å². The van der Waals surface area contributed by atoms with Gasteiger partial charge in [-0.1, -0.05) is 0 Å². The predicted octanol–water partition coefficient (Wildman–Crippen LogP) is 2.09. The van der Waals surface area contributed by atoms with Crippen LogP contribution in [0.3, 0.4) is 0 Å². The van der Waals surface area contributed by atoms with Crippen LogP contribution in [0.1, 0.15) is 23.2 Å². The number of carbonyl (C=O) groups is 1. The van der Waals surface area contributed by atoms with Crippen LogP contribution in [0, 0.1) is 21.4 Å². The van der Waals surface area contributed by atoms with Crippen molar-refractivity contribution >= 4 is 11.5 Å². The molecule has 0 atom stereocenters. The van der Waals surface area contributed by atoms with E-state index in [1.54, 1.807) is 0 Å². The number of nitriles is 1. The zero-order valence-electron chi connectivity index (χ0n) is 9.17. The van der Waals surface area contributed by atoms with Gasteiger partial charge in [-0.2, -0.15) is 5.26 Å². The number of methoxy groups -OCH3 is 1. The Morgan fingerprint density at radius 2 is 2.29 bits per heavy atom. The van der Waals surface area contributed by atoms with E-state index in [-0.39, 0.29) is 35.6 Å². The molecule has 0 radical (unpaired) electrons. The summed E-state index contributed by atoms with van der Waals surface area (Å²) in [4.78, 5) is 21.7. The lowest BCUT2D eigenvalue weighted by Crippen LogP contribution is -2.01. The number of Topliss-reactive ketones (excluding diaryl/α,β-unsaturated/α-hetero) is 1. The van der Waals surface area contributed by atoms with Crippen LogP contribution in [-0.2, 0) is 0 Å². The van der Waals surface area contributed by atoms with E-state index >= 15 is 0 Å². The Hall–Kier alpha value is -2.42. The molecule has 0 unspecified atom stereocenters. The van der Waals surface area contributed by atoms with Gasteiger partial charge in [-0.3, -0.25) is 14.9 Å². The first-order chi connectivity index (χ1) is 8.10. The minimum Gasteiger partial charge on any atom is -0.490 e. The van der Waals surface area contributed by atoms with Crippen LogP contribution in [0.2, 0.25) is 0 Å². The molecule has 6 heteroatoms. The van der Waals surface area contributed by atoms with E-state index in [1.165, 1.54) is 25.3 Å². The summed E-state index contributed by atoms with van der Waals surface area (Å²) >= 11 is 0. The maximum atomic E-state index is 11.6. The Morgan fingerprint density at radius 3 is 2.82 bits per heavy atom. The molecule has 1 aromatic carbocycles. The fourth-order valence-electron chi connectivity index (χ4n) is 1.32. The normalized spacial score (nSPS) is 9.41. The lowest BCUT2D eigenvalue weighted by Gasteiger charge is -2.03. The highest BCUT2D eigenvalue weighted by molar-refractivity contribution is 5.97. The minimum atomic E-state index is -0.611. The van der Waals surface area contributed by atoms with E-state index in [9.17, 15) is 14.9 Å². The molecule has 0 aromatic heterocycles. The van der Waals surface area contributed by atoms with Crippen LogP contribution in [0.25, 0.3) is 0 Å². The van der Waals surface area contributed by atoms with Crippen molar-refractivity contribution in [1.82, 2.24) is 0 Å². The number of rotatable bonds is 5. The predicted molar refractivity (Wildman–Crippen MR) is 58.8 cm³/mol. The maximum absolute atomic E-state index is 11.6. The van der Waals surface area contributed by atoms with E-state index in [2.05, 4.69) is 0 Å². The van der Waals surface area contributed by atoms with Gasteiger partial charge in [0.25, 0.3) is 0 Å². The van der Waals surface area contributed by atoms with Crippen molar-refractivity contribution in [3.63, 3.8) is 0 Å². The Bertz CT molecular complexity index is 491. The summed E-state index contributed by atoms with van der Waals surface area (Å²) in [6.07, 6.45) is 0.151. The van der Waals surface area contributed by atoms with Crippen molar-refractivity contribution in [2.75, 3.05) is 7.11 Å². The lowest BCUT2D eigenvalue weighted by atomic mass is 10.1. The Morgan fingerprint density at radius 1 is 1.59 bits per heavy atom. The topological polar surface area (TPSA) is 93.2 Å². The molecular weight excluding hydrogens is 224 g/mol. The highest BCUT2D eigenvalue weighted by Crippen LogP contribution is 2.27. The average molecular weight is 234 g/mol. The average Bonchev–Trinajstić information content (AvgIpc) is 2.34. The number of ether oxygens (including phenoxy) is 1. The first-order valence-corrected chi connectivity index (χ1v) is 4.82. The summed E-state index contributed by atoms with van der Waals surface area (Å²) in [5.74, 6) is -0.191. The Balaban J connectivity index is 3.04. The molecule has 0 heterocycles. The summed E-state index contributed by atoms with van der Waals surface area (Å²) in [6, 6.07) is 5.84. The van der Waals surface area contributed by atoms with Gasteiger partial charge >= 0.3 is 5.69 Å². The second kappa shape index (κ2) is 5.61. The van der Waals surface area contributed by atoms with Crippen molar-refractivity contribution in [3.8, 4) is 11.8 Å². The third kappa shape index (κ3) is 3.01. The minimum absolute atomic E-state index is 0.0555. The molecule has 6 nitrogen and oxygen atoms in total. The number of benzene rings is 1. The molecule has 1 aromatic rings. The molecule has 0 fully saturated rings. The molecule has 0 aliphatic heterocycles. The summed E-state index contributed by atoms with van der Waals surface area (Å²) in [6.45, 7) is 0. The number of carbonyl (C=O) groups excluding carboxylic acids is 1. The van der Waals surface area contributed by atoms with Crippen molar-refractivity contribution < 1.29 is 14.5 Å². The van der Waals surface area contributed by atoms with Gasteiger partial charge in [0, 0.05) is 24.5 Å². The molecule has 0 amide bonds. The van der Waals surface area contributed by atoms with Gasteiger partial charge in [0.15, 0.2) is 11.5 Å². The number of nitro benzene ring substituents is 1.